The van der Waals surface area contributed by atoms with Crippen molar-refractivity contribution in [2.75, 3.05) is 40.8 Å². The molecule has 1 unspecified atom stereocenters. The minimum Gasteiger partial charge on any atom is -0.497 e. The van der Waals surface area contributed by atoms with E-state index in [1.165, 1.54) is 18.4 Å². The van der Waals surface area contributed by atoms with Gasteiger partial charge in [0.1, 0.15) is 5.75 Å². The smallest absolute Gasteiger partial charge is 0.119 e. The summed E-state index contributed by atoms with van der Waals surface area (Å²) in [6.07, 6.45) is 2.55. The van der Waals surface area contributed by atoms with E-state index < -0.39 is 0 Å². The second-order valence-electron chi connectivity index (χ2n) is 5.73. The van der Waals surface area contributed by atoms with Crippen LogP contribution in [0.4, 0.5) is 0 Å². The maximum atomic E-state index is 5.37. The van der Waals surface area contributed by atoms with Crippen LogP contribution >= 0.6 is 0 Å². The molecule has 106 valence electrons. The summed E-state index contributed by atoms with van der Waals surface area (Å²) in [6.45, 7) is 3.41. The van der Waals surface area contributed by atoms with Gasteiger partial charge in [0.05, 0.1) is 7.11 Å². The zero-order valence-electron chi connectivity index (χ0n) is 12.4. The number of piperidine rings is 1. The van der Waals surface area contributed by atoms with Crippen molar-refractivity contribution in [2.24, 2.45) is 5.92 Å². The molecule has 1 fully saturated rings. The van der Waals surface area contributed by atoms with Crippen LogP contribution in [0.2, 0.25) is 0 Å². The summed E-state index contributed by atoms with van der Waals surface area (Å²) in [5.41, 5.74) is 1.42. The highest BCUT2D eigenvalue weighted by Crippen LogP contribution is 2.33. The SMILES string of the molecule is COc1cccc(C(CN(C)C)C2CCNCC2)c1. The predicted molar refractivity (Wildman–Crippen MR) is 79.9 cm³/mol. The topological polar surface area (TPSA) is 24.5 Å². The number of hydrogen-bond donors (Lipinski definition) is 1. The molecule has 3 heteroatoms. The third-order valence-corrected chi connectivity index (χ3v) is 4.04. The third-order valence-electron chi connectivity index (χ3n) is 4.04. The molecule has 19 heavy (non-hydrogen) atoms. The van der Waals surface area contributed by atoms with Gasteiger partial charge in [-0.05, 0) is 69.6 Å². The van der Waals surface area contributed by atoms with E-state index in [0.29, 0.717) is 5.92 Å². The Labute approximate surface area is 116 Å². The Morgan fingerprint density at radius 2 is 2.05 bits per heavy atom. The van der Waals surface area contributed by atoms with Gasteiger partial charge in [-0.15, -0.1) is 0 Å². The lowest BCUT2D eigenvalue weighted by atomic mass is 9.80. The number of benzene rings is 1. The van der Waals surface area contributed by atoms with Crippen LogP contribution in [0.5, 0.6) is 5.75 Å². The van der Waals surface area contributed by atoms with Crippen LogP contribution in [-0.4, -0.2) is 45.7 Å². The van der Waals surface area contributed by atoms with Crippen molar-refractivity contribution in [3.8, 4) is 5.75 Å². The van der Waals surface area contributed by atoms with Gasteiger partial charge in [-0.3, -0.25) is 0 Å². The molecule has 1 saturated heterocycles. The Morgan fingerprint density at radius 1 is 1.32 bits per heavy atom. The van der Waals surface area contributed by atoms with E-state index in [-0.39, 0.29) is 0 Å². The molecule has 0 spiro atoms. The lowest BCUT2D eigenvalue weighted by Gasteiger charge is -2.33. The van der Waals surface area contributed by atoms with Crippen molar-refractivity contribution in [2.45, 2.75) is 18.8 Å². The summed E-state index contributed by atoms with van der Waals surface area (Å²) in [5.74, 6) is 2.35. The first-order chi connectivity index (χ1) is 9.20. The van der Waals surface area contributed by atoms with Gasteiger partial charge < -0.3 is 15.0 Å². The van der Waals surface area contributed by atoms with Crippen LogP contribution in [0.15, 0.2) is 24.3 Å². The van der Waals surface area contributed by atoms with Gasteiger partial charge in [-0.1, -0.05) is 12.1 Å². The zero-order valence-corrected chi connectivity index (χ0v) is 12.4. The Bertz CT molecular complexity index is 386. The van der Waals surface area contributed by atoms with Crippen molar-refractivity contribution in [3.63, 3.8) is 0 Å². The molecule has 3 nitrogen and oxygen atoms in total. The number of nitrogens with one attached hydrogen (secondary N) is 1. The summed E-state index contributed by atoms with van der Waals surface area (Å²) < 4.78 is 5.37. The fourth-order valence-corrected chi connectivity index (χ4v) is 3.04. The first kappa shape index (κ1) is 14.4. The molecule has 0 bridgehead atoms. The zero-order chi connectivity index (χ0) is 13.7. The first-order valence-corrected chi connectivity index (χ1v) is 7.20. The maximum Gasteiger partial charge on any atom is 0.119 e. The molecule has 1 atom stereocenters. The number of hydrogen-bond acceptors (Lipinski definition) is 3. The summed E-state index contributed by atoms with van der Waals surface area (Å²) in [4.78, 5) is 2.30. The van der Waals surface area contributed by atoms with E-state index in [2.05, 4.69) is 42.5 Å². The highest BCUT2D eigenvalue weighted by atomic mass is 16.5. The van der Waals surface area contributed by atoms with Gasteiger partial charge in [-0.25, -0.2) is 0 Å². The van der Waals surface area contributed by atoms with Crippen LogP contribution in [0.25, 0.3) is 0 Å². The maximum absolute atomic E-state index is 5.37. The van der Waals surface area contributed by atoms with Crippen molar-refractivity contribution in [3.05, 3.63) is 29.8 Å². The molecule has 1 heterocycles. The molecule has 1 aliphatic heterocycles. The van der Waals surface area contributed by atoms with E-state index >= 15 is 0 Å². The van der Waals surface area contributed by atoms with Crippen molar-refractivity contribution in [1.82, 2.24) is 10.2 Å². The second kappa shape index (κ2) is 6.92. The van der Waals surface area contributed by atoms with Crippen molar-refractivity contribution < 1.29 is 4.74 Å². The lowest BCUT2D eigenvalue weighted by molar-refractivity contribution is 0.261. The van der Waals surface area contributed by atoms with E-state index in [1.54, 1.807) is 7.11 Å². The summed E-state index contributed by atoms with van der Waals surface area (Å²) >= 11 is 0. The van der Waals surface area contributed by atoms with E-state index in [4.69, 9.17) is 4.74 Å². The van der Waals surface area contributed by atoms with Crippen LogP contribution in [0.1, 0.15) is 24.3 Å². The molecule has 1 aromatic rings. The van der Waals surface area contributed by atoms with Crippen LogP contribution < -0.4 is 10.1 Å². The summed E-state index contributed by atoms with van der Waals surface area (Å²) in [6, 6.07) is 8.59. The molecule has 1 N–H and O–H groups in total. The molecular weight excluding hydrogens is 236 g/mol. The lowest BCUT2D eigenvalue weighted by Crippen LogP contribution is -2.34. The number of ether oxygens (including phenoxy) is 1. The molecule has 1 aliphatic rings. The van der Waals surface area contributed by atoms with Gasteiger partial charge in [-0.2, -0.15) is 0 Å². The molecular formula is C16H26N2O. The van der Waals surface area contributed by atoms with E-state index in [1.807, 2.05) is 6.07 Å². The van der Waals surface area contributed by atoms with Gasteiger partial charge in [0.2, 0.25) is 0 Å². The second-order valence-corrected chi connectivity index (χ2v) is 5.73. The van der Waals surface area contributed by atoms with Crippen LogP contribution in [-0.2, 0) is 0 Å². The minimum absolute atomic E-state index is 0.604. The average Bonchev–Trinajstić information content (AvgIpc) is 2.45. The van der Waals surface area contributed by atoms with Crippen LogP contribution in [0, 0.1) is 5.92 Å². The fourth-order valence-electron chi connectivity index (χ4n) is 3.04. The van der Waals surface area contributed by atoms with Crippen molar-refractivity contribution >= 4 is 0 Å². The highest BCUT2D eigenvalue weighted by molar-refractivity contribution is 5.31. The Balaban J connectivity index is 2.19. The minimum atomic E-state index is 0.604. The van der Waals surface area contributed by atoms with Gasteiger partial charge in [0, 0.05) is 6.54 Å². The van der Waals surface area contributed by atoms with Gasteiger partial charge in [0.15, 0.2) is 0 Å². The Kier molecular flexibility index (Phi) is 5.23. The van der Waals surface area contributed by atoms with Gasteiger partial charge >= 0.3 is 0 Å². The predicted octanol–water partition coefficient (Wildman–Crippen LogP) is 2.34. The van der Waals surface area contributed by atoms with E-state index in [9.17, 15) is 0 Å². The van der Waals surface area contributed by atoms with Gasteiger partial charge in [0.25, 0.3) is 0 Å². The number of rotatable bonds is 5. The van der Waals surface area contributed by atoms with E-state index in [0.717, 1.165) is 31.3 Å². The summed E-state index contributed by atoms with van der Waals surface area (Å²) in [7, 11) is 6.06. The third kappa shape index (κ3) is 3.95. The normalized spacial score (nSPS) is 18.5. The highest BCUT2D eigenvalue weighted by Gasteiger charge is 2.25. The monoisotopic (exact) mass is 262 g/mol. The Hall–Kier alpha value is -1.06. The summed E-state index contributed by atoms with van der Waals surface area (Å²) in [5, 5.41) is 3.46. The first-order valence-electron chi connectivity index (χ1n) is 7.20. The van der Waals surface area contributed by atoms with Crippen molar-refractivity contribution in [1.29, 1.82) is 0 Å². The molecule has 0 aromatic heterocycles. The fraction of sp³-hybridized carbons (Fsp3) is 0.625. The quantitative estimate of drug-likeness (QED) is 0.881. The molecule has 0 radical (unpaired) electrons. The standard InChI is InChI=1S/C16H26N2O/c1-18(2)12-16(13-7-9-17-10-8-13)14-5-4-6-15(11-14)19-3/h4-6,11,13,16-17H,7-10,12H2,1-3H3. The number of methoxy groups -OCH3 is 1. The molecule has 0 aliphatic carbocycles. The molecule has 0 amide bonds. The Morgan fingerprint density at radius 3 is 2.68 bits per heavy atom. The average molecular weight is 262 g/mol. The largest absolute Gasteiger partial charge is 0.497 e. The number of nitrogens with zero attached hydrogens (tertiary/aromatic N) is 1. The number of likely N-dealkylation sites (N-methyl/N-ethyl adjacent to an activating group) is 1. The van der Waals surface area contributed by atoms with Crippen LogP contribution in [0.3, 0.4) is 0 Å². The molecule has 0 saturated carbocycles. The molecule has 1 aromatic carbocycles. The molecule has 2 rings (SSSR count).